The number of halogens is 1. The third-order valence-corrected chi connectivity index (χ3v) is 5.90. The summed E-state index contributed by atoms with van der Waals surface area (Å²) in [7, 11) is 1.59. The van der Waals surface area contributed by atoms with Gasteiger partial charge >= 0.3 is 0 Å². The Morgan fingerprint density at radius 1 is 1.12 bits per heavy atom. The Hall–Kier alpha value is -3.88. The molecule has 0 spiro atoms. The topological polar surface area (TPSA) is 94.8 Å². The number of aliphatic hydroxyl groups excluding tert-OH is 1. The van der Waals surface area contributed by atoms with Gasteiger partial charge in [0, 0.05) is 34.1 Å². The molecule has 0 amide bonds. The SMILES string of the molecule is COc1ccc(-c2nn3ccn(Cc4nc(-c5cccc(Cl)c5)oc4C)c(=O)c3c2CO)cc1. The molecule has 0 unspecified atom stereocenters. The van der Waals surface area contributed by atoms with E-state index in [9.17, 15) is 9.90 Å². The molecule has 9 heteroatoms. The summed E-state index contributed by atoms with van der Waals surface area (Å²) in [6.07, 6.45) is 3.34. The van der Waals surface area contributed by atoms with E-state index in [2.05, 4.69) is 10.1 Å². The van der Waals surface area contributed by atoms with E-state index in [1.165, 1.54) is 9.08 Å². The van der Waals surface area contributed by atoms with E-state index >= 15 is 0 Å². The summed E-state index contributed by atoms with van der Waals surface area (Å²) in [6, 6.07) is 14.5. The fourth-order valence-corrected chi connectivity index (χ4v) is 4.08. The van der Waals surface area contributed by atoms with Gasteiger partial charge < -0.3 is 18.8 Å². The summed E-state index contributed by atoms with van der Waals surface area (Å²) in [5.41, 5.74) is 3.19. The maximum absolute atomic E-state index is 13.4. The highest BCUT2D eigenvalue weighted by Gasteiger charge is 2.19. The molecule has 0 radical (unpaired) electrons. The largest absolute Gasteiger partial charge is 0.497 e. The molecule has 5 rings (SSSR count). The first-order valence-electron chi connectivity index (χ1n) is 10.6. The highest BCUT2D eigenvalue weighted by molar-refractivity contribution is 6.30. The lowest BCUT2D eigenvalue weighted by Crippen LogP contribution is -2.23. The molecule has 1 N–H and O–H groups in total. The molecule has 2 aromatic carbocycles. The van der Waals surface area contributed by atoms with Gasteiger partial charge in [-0.3, -0.25) is 4.79 Å². The predicted octanol–water partition coefficient (Wildman–Crippen LogP) is 4.33. The van der Waals surface area contributed by atoms with Crippen molar-refractivity contribution >= 4 is 17.1 Å². The molecule has 5 aromatic rings. The Labute approximate surface area is 199 Å². The number of rotatable bonds is 6. The van der Waals surface area contributed by atoms with Crippen molar-refractivity contribution in [3.63, 3.8) is 0 Å². The second-order valence-corrected chi connectivity index (χ2v) is 8.21. The van der Waals surface area contributed by atoms with E-state index in [0.717, 1.165) is 11.1 Å². The van der Waals surface area contributed by atoms with Crippen molar-refractivity contribution in [3.05, 3.63) is 93.3 Å². The number of aromatic nitrogens is 4. The number of fused-ring (bicyclic) bond motifs is 1. The zero-order valence-corrected chi connectivity index (χ0v) is 19.3. The monoisotopic (exact) mass is 476 g/mol. The number of nitrogens with zero attached hydrogens (tertiary/aromatic N) is 4. The Balaban J connectivity index is 1.54. The Kier molecular flexibility index (Phi) is 5.69. The number of aryl methyl sites for hydroxylation is 1. The van der Waals surface area contributed by atoms with Gasteiger partial charge in [-0.25, -0.2) is 9.50 Å². The number of oxazole rings is 1. The second-order valence-electron chi connectivity index (χ2n) is 7.77. The lowest BCUT2D eigenvalue weighted by Gasteiger charge is -2.05. The van der Waals surface area contributed by atoms with Gasteiger partial charge in [0.1, 0.15) is 22.7 Å². The summed E-state index contributed by atoms with van der Waals surface area (Å²) in [5, 5.41) is 15.2. The molecule has 0 aliphatic rings. The molecule has 8 nitrogen and oxygen atoms in total. The van der Waals surface area contributed by atoms with Crippen LogP contribution in [0.5, 0.6) is 5.75 Å². The highest BCUT2D eigenvalue weighted by atomic mass is 35.5. The molecule has 34 heavy (non-hydrogen) atoms. The zero-order chi connectivity index (χ0) is 23.8. The van der Waals surface area contributed by atoms with Crippen molar-refractivity contribution in [1.29, 1.82) is 0 Å². The van der Waals surface area contributed by atoms with E-state index in [1.54, 1.807) is 38.6 Å². The molecular weight excluding hydrogens is 456 g/mol. The minimum absolute atomic E-state index is 0.207. The van der Waals surface area contributed by atoms with Crippen LogP contribution in [0.4, 0.5) is 0 Å². The molecule has 0 saturated carbocycles. The fourth-order valence-electron chi connectivity index (χ4n) is 3.89. The first-order chi connectivity index (χ1) is 16.5. The van der Waals surface area contributed by atoms with Crippen LogP contribution in [0.3, 0.4) is 0 Å². The van der Waals surface area contributed by atoms with Crippen LogP contribution < -0.4 is 10.3 Å². The van der Waals surface area contributed by atoms with Gasteiger partial charge in [0.2, 0.25) is 5.89 Å². The number of aliphatic hydroxyl groups is 1. The maximum atomic E-state index is 13.4. The fraction of sp³-hybridized carbons (Fsp3) is 0.160. The van der Waals surface area contributed by atoms with Crippen LogP contribution in [-0.4, -0.2) is 31.4 Å². The summed E-state index contributed by atoms with van der Waals surface area (Å²) in [4.78, 5) is 18.0. The lowest BCUT2D eigenvalue weighted by molar-refractivity contribution is 0.283. The molecule has 0 aliphatic carbocycles. The van der Waals surface area contributed by atoms with Gasteiger partial charge in [0.15, 0.2) is 0 Å². The van der Waals surface area contributed by atoms with Crippen LogP contribution >= 0.6 is 11.6 Å². The number of hydrogen-bond acceptors (Lipinski definition) is 6. The molecule has 0 atom stereocenters. The third kappa shape index (κ3) is 3.87. The second kappa shape index (κ2) is 8.81. The smallest absolute Gasteiger partial charge is 0.277 e. The Morgan fingerprint density at radius 3 is 2.62 bits per heavy atom. The molecule has 172 valence electrons. The normalized spacial score (nSPS) is 11.3. The van der Waals surface area contributed by atoms with Crippen molar-refractivity contribution in [2.45, 2.75) is 20.1 Å². The highest BCUT2D eigenvalue weighted by Crippen LogP contribution is 2.27. The minimum atomic E-state index is -0.327. The minimum Gasteiger partial charge on any atom is -0.497 e. The molecule has 3 heterocycles. The van der Waals surface area contributed by atoms with Crippen molar-refractivity contribution in [2.75, 3.05) is 7.11 Å². The van der Waals surface area contributed by atoms with E-state index in [4.69, 9.17) is 20.8 Å². The molecule has 3 aromatic heterocycles. The number of hydrogen-bond donors (Lipinski definition) is 1. The van der Waals surface area contributed by atoms with Crippen LogP contribution in [0.1, 0.15) is 17.0 Å². The lowest BCUT2D eigenvalue weighted by atomic mass is 10.1. The molecular formula is C25H21ClN4O4. The van der Waals surface area contributed by atoms with Crippen LogP contribution in [0.15, 0.2) is 70.1 Å². The van der Waals surface area contributed by atoms with Crippen molar-refractivity contribution < 1.29 is 14.3 Å². The first-order valence-corrected chi connectivity index (χ1v) is 10.9. The van der Waals surface area contributed by atoms with Crippen molar-refractivity contribution in [1.82, 2.24) is 19.2 Å². The van der Waals surface area contributed by atoms with E-state index < -0.39 is 0 Å². The Morgan fingerprint density at radius 2 is 1.91 bits per heavy atom. The Bertz CT molecular complexity index is 1550. The maximum Gasteiger partial charge on any atom is 0.277 e. The quantitative estimate of drug-likeness (QED) is 0.392. The average molecular weight is 477 g/mol. The van der Waals surface area contributed by atoms with Crippen LogP contribution in [-0.2, 0) is 13.2 Å². The first kappa shape index (κ1) is 21.9. The van der Waals surface area contributed by atoms with E-state index in [-0.39, 0.29) is 18.7 Å². The molecule has 0 saturated heterocycles. The van der Waals surface area contributed by atoms with Gasteiger partial charge in [-0.05, 0) is 49.4 Å². The van der Waals surface area contributed by atoms with Crippen LogP contribution in [0.2, 0.25) is 5.02 Å². The van der Waals surface area contributed by atoms with Gasteiger partial charge in [-0.15, -0.1) is 0 Å². The number of ether oxygens (including phenoxy) is 1. The molecule has 0 fully saturated rings. The van der Waals surface area contributed by atoms with Crippen molar-refractivity contribution in [3.8, 4) is 28.5 Å². The molecule has 0 bridgehead atoms. The number of benzene rings is 2. The van der Waals surface area contributed by atoms with Crippen molar-refractivity contribution in [2.24, 2.45) is 0 Å². The summed E-state index contributed by atoms with van der Waals surface area (Å²) in [6.45, 7) is 1.69. The third-order valence-electron chi connectivity index (χ3n) is 5.67. The summed E-state index contributed by atoms with van der Waals surface area (Å²) in [5.74, 6) is 1.75. The molecule has 0 aliphatic heterocycles. The van der Waals surface area contributed by atoms with Gasteiger partial charge in [0.05, 0.1) is 26.0 Å². The van der Waals surface area contributed by atoms with Crippen LogP contribution in [0, 0.1) is 6.92 Å². The van der Waals surface area contributed by atoms with E-state index in [0.29, 0.717) is 44.9 Å². The van der Waals surface area contributed by atoms with Crippen LogP contribution in [0.25, 0.3) is 28.2 Å². The van der Waals surface area contributed by atoms with E-state index in [1.807, 2.05) is 36.4 Å². The standard InChI is InChI=1S/C25H21ClN4O4/c1-15-21(27-24(34-15)17-4-3-5-18(26)12-17)13-29-10-11-30-23(25(29)32)20(14-31)22(28-30)16-6-8-19(33-2)9-7-16/h3-12,31H,13-14H2,1-2H3. The predicted molar refractivity (Wildman–Crippen MR) is 128 cm³/mol. The number of methoxy groups -OCH3 is 1. The summed E-state index contributed by atoms with van der Waals surface area (Å²) >= 11 is 6.09. The van der Waals surface area contributed by atoms with Gasteiger partial charge in [0.25, 0.3) is 5.56 Å². The van der Waals surface area contributed by atoms with Gasteiger partial charge in [-0.1, -0.05) is 17.7 Å². The average Bonchev–Trinajstić information content (AvgIpc) is 3.41. The van der Waals surface area contributed by atoms with Gasteiger partial charge in [-0.2, -0.15) is 5.10 Å². The zero-order valence-electron chi connectivity index (χ0n) is 18.5. The summed E-state index contributed by atoms with van der Waals surface area (Å²) < 4.78 is 14.1.